The van der Waals surface area contributed by atoms with E-state index in [-0.39, 0.29) is 19.4 Å². The Kier molecular flexibility index (Phi) is 2.26. The van der Waals surface area contributed by atoms with E-state index in [0.29, 0.717) is 16.5 Å². The number of fused-ring (bicyclic) bond motifs is 1. The summed E-state index contributed by atoms with van der Waals surface area (Å²) < 4.78 is 40.2. The van der Waals surface area contributed by atoms with Crippen molar-refractivity contribution in [1.29, 1.82) is 0 Å². The average Bonchev–Trinajstić information content (AvgIpc) is 2.71. The molecule has 0 saturated heterocycles. The minimum atomic E-state index is -2.69. The number of alkyl halides is 2. The van der Waals surface area contributed by atoms with Crippen molar-refractivity contribution in [3.8, 4) is 0 Å². The van der Waals surface area contributed by atoms with Crippen molar-refractivity contribution in [3.05, 3.63) is 35.8 Å². The molecule has 3 rings (SSSR count). The van der Waals surface area contributed by atoms with Gasteiger partial charge in [0.1, 0.15) is 5.82 Å². The third kappa shape index (κ3) is 1.47. The Morgan fingerprint density at radius 3 is 2.61 bits per heavy atom. The predicted molar refractivity (Wildman–Crippen MR) is 63.2 cm³/mol. The van der Waals surface area contributed by atoms with Gasteiger partial charge in [-0.3, -0.25) is 0 Å². The topological polar surface area (TPSA) is 41.8 Å². The first-order valence-electron chi connectivity index (χ1n) is 5.81. The molecule has 1 fully saturated rings. The highest BCUT2D eigenvalue weighted by atomic mass is 19.3. The first-order chi connectivity index (χ1) is 8.47. The molecular weight excluding hydrogens is 241 g/mol. The van der Waals surface area contributed by atoms with E-state index in [0.717, 1.165) is 0 Å². The van der Waals surface area contributed by atoms with Gasteiger partial charge >= 0.3 is 0 Å². The lowest BCUT2D eigenvalue weighted by Crippen LogP contribution is -2.53. The number of nitrogens with two attached hydrogens (primary N) is 1. The minimum absolute atomic E-state index is 0.101. The van der Waals surface area contributed by atoms with Gasteiger partial charge < -0.3 is 10.7 Å². The highest BCUT2D eigenvalue weighted by Crippen LogP contribution is 2.54. The monoisotopic (exact) mass is 254 g/mol. The third-order valence-electron chi connectivity index (χ3n) is 3.81. The maximum absolute atomic E-state index is 13.9. The van der Waals surface area contributed by atoms with Crippen molar-refractivity contribution in [3.63, 3.8) is 0 Å². The van der Waals surface area contributed by atoms with Gasteiger partial charge in [-0.05, 0) is 17.7 Å². The lowest BCUT2D eigenvalue weighted by atomic mass is 9.62. The van der Waals surface area contributed by atoms with Crippen molar-refractivity contribution in [1.82, 2.24) is 4.98 Å². The van der Waals surface area contributed by atoms with Crippen LogP contribution >= 0.6 is 0 Å². The summed E-state index contributed by atoms with van der Waals surface area (Å²) in [7, 11) is 0. The van der Waals surface area contributed by atoms with E-state index in [4.69, 9.17) is 5.73 Å². The zero-order valence-corrected chi connectivity index (χ0v) is 9.64. The van der Waals surface area contributed by atoms with Crippen molar-refractivity contribution in [2.75, 3.05) is 6.54 Å². The van der Waals surface area contributed by atoms with E-state index in [9.17, 15) is 13.2 Å². The number of halogens is 3. The van der Waals surface area contributed by atoms with E-state index >= 15 is 0 Å². The predicted octanol–water partition coefficient (Wildman–Crippen LogP) is 2.93. The smallest absolute Gasteiger partial charge is 0.250 e. The Hall–Kier alpha value is -1.49. The van der Waals surface area contributed by atoms with Gasteiger partial charge in [-0.25, -0.2) is 13.2 Å². The Morgan fingerprint density at radius 2 is 2.00 bits per heavy atom. The molecule has 1 aromatic heterocycles. The molecule has 0 aliphatic heterocycles. The standard InChI is InChI=1S/C13H13F3N2/c14-9-2-1-3-10-11(9)8(4-18-10)12(7-17)5-13(15,16)6-12/h1-4,18H,5-7,17H2. The second kappa shape index (κ2) is 3.51. The van der Waals surface area contributed by atoms with Gasteiger partial charge in [-0.2, -0.15) is 0 Å². The molecule has 1 aliphatic carbocycles. The quantitative estimate of drug-likeness (QED) is 0.850. The zero-order valence-electron chi connectivity index (χ0n) is 9.64. The van der Waals surface area contributed by atoms with E-state index in [1.807, 2.05) is 0 Å². The molecule has 0 unspecified atom stereocenters. The summed E-state index contributed by atoms with van der Waals surface area (Å²) in [5.74, 6) is -3.08. The lowest BCUT2D eigenvalue weighted by molar-refractivity contribution is -0.123. The number of rotatable bonds is 2. The highest BCUT2D eigenvalue weighted by molar-refractivity contribution is 5.85. The van der Waals surface area contributed by atoms with Crippen LogP contribution in [0.15, 0.2) is 24.4 Å². The van der Waals surface area contributed by atoms with Crippen LogP contribution in [0.25, 0.3) is 10.9 Å². The lowest BCUT2D eigenvalue weighted by Gasteiger charge is -2.46. The molecule has 18 heavy (non-hydrogen) atoms. The van der Waals surface area contributed by atoms with Crippen LogP contribution in [0.3, 0.4) is 0 Å². The summed E-state index contributed by atoms with van der Waals surface area (Å²) in [4.78, 5) is 2.92. The molecule has 1 aromatic carbocycles. The Bertz CT molecular complexity index is 595. The summed E-state index contributed by atoms with van der Waals surface area (Å²) in [5.41, 5.74) is 6.04. The second-order valence-corrected chi connectivity index (χ2v) is 5.06. The maximum Gasteiger partial charge on any atom is 0.250 e. The van der Waals surface area contributed by atoms with Crippen LogP contribution in [0.1, 0.15) is 18.4 Å². The summed E-state index contributed by atoms with van der Waals surface area (Å²) in [6.07, 6.45) is 0.991. The summed E-state index contributed by atoms with van der Waals surface area (Å²) in [6, 6.07) is 4.64. The van der Waals surface area contributed by atoms with Crippen LogP contribution in [0.4, 0.5) is 13.2 Å². The van der Waals surface area contributed by atoms with Gasteiger partial charge in [0.05, 0.1) is 0 Å². The zero-order chi connectivity index (χ0) is 13.0. The largest absolute Gasteiger partial charge is 0.361 e. The van der Waals surface area contributed by atoms with E-state index < -0.39 is 17.2 Å². The van der Waals surface area contributed by atoms with Gasteiger partial charge in [-0.15, -0.1) is 0 Å². The molecule has 1 saturated carbocycles. The molecule has 96 valence electrons. The van der Waals surface area contributed by atoms with Crippen LogP contribution in [0, 0.1) is 5.82 Å². The second-order valence-electron chi connectivity index (χ2n) is 5.06. The van der Waals surface area contributed by atoms with E-state index in [1.165, 1.54) is 6.07 Å². The molecule has 0 atom stereocenters. The van der Waals surface area contributed by atoms with Crippen LogP contribution in [0.5, 0.6) is 0 Å². The molecule has 1 heterocycles. The Labute approximate surface area is 102 Å². The molecule has 0 radical (unpaired) electrons. The van der Waals surface area contributed by atoms with E-state index in [2.05, 4.69) is 4.98 Å². The van der Waals surface area contributed by atoms with Gasteiger partial charge in [-0.1, -0.05) is 6.07 Å². The molecule has 0 amide bonds. The van der Waals surface area contributed by atoms with Crippen LogP contribution in [0.2, 0.25) is 0 Å². The number of benzene rings is 1. The van der Waals surface area contributed by atoms with Crippen molar-refractivity contribution in [2.24, 2.45) is 5.73 Å². The minimum Gasteiger partial charge on any atom is -0.361 e. The van der Waals surface area contributed by atoms with E-state index in [1.54, 1.807) is 18.3 Å². The van der Waals surface area contributed by atoms with Crippen LogP contribution in [-0.4, -0.2) is 17.5 Å². The SMILES string of the molecule is NCC1(c2c[nH]c3cccc(F)c23)CC(F)(F)C1. The first-order valence-corrected chi connectivity index (χ1v) is 5.81. The van der Waals surface area contributed by atoms with Crippen molar-refractivity contribution >= 4 is 10.9 Å². The highest BCUT2D eigenvalue weighted by Gasteiger charge is 2.57. The molecule has 0 spiro atoms. The van der Waals surface area contributed by atoms with Gasteiger partial charge in [0.15, 0.2) is 0 Å². The molecule has 2 aromatic rings. The molecule has 5 heteroatoms. The van der Waals surface area contributed by atoms with Crippen molar-refractivity contribution < 1.29 is 13.2 Å². The van der Waals surface area contributed by atoms with Gasteiger partial charge in [0, 0.05) is 41.9 Å². The molecule has 3 N–H and O–H groups in total. The normalized spacial score (nSPS) is 20.9. The van der Waals surface area contributed by atoms with Crippen molar-refractivity contribution in [2.45, 2.75) is 24.2 Å². The number of nitrogens with one attached hydrogen (secondary N) is 1. The van der Waals surface area contributed by atoms with Crippen LogP contribution in [-0.2, 0) is 5.41 Å². The molecule has 0 bridgehead atoms. The number of hydrogen-bond donors (Lipinski definition) is 2. The van der Waals surface area contributed by atoms with Gasteiger partial charge in [0.2, 0.25) is 5.92 Å². The Balaban J connectivity index is 2.15. The summed E-state index contributed by atoms with van der Waals surface area (Å²) >= 11 is 0. The molecule has 2 nitrogen and oxygen atoms in total. The number of hydrogen-bond acceptors (Lipinski definition) is 1. The van der Waals surface area contributed by atoms with Crippen LogP contribution < -0.4 is 5.73 Å². The maximum atomic E-state index is 13.9. The first kappa shape index (κ1) is 11.6. The average molecular weight is 254 g/mol. The fourth-order valence-corrected chi connectivity index (χ4v) is 2.94. The molecule has 1 aliphatic rings. The summed E-state index contributed by atoms with van der Waals surface area (Å²) in [5, 5.41) is 0.387. The number of aromatic amines is 1. The molecular formula is C13H13F3N2. The summed E-state index contributed by atoms with van der Waals surface area (Å²) in [6.45, 7) is 0.101. The fraction of sp³-hybridized carbons (Fsp3) is 0.385. The van der Waals surface area contributed by atoms with Gasteiger partial charge in [0.25, 0.3) is 0 Å². The number of H-pyrrole nitrogens is 1. The Morgan fingerprint density at radius 1 is 1.28 bits per heavy atom. The number of aromatic nitrogens is 1. The fourth-order valence-electron chi connectivity index (χ4n) is 2.94. The third-order valence-corrected chi connectivity index (χ3v) is 3.81.